The monoisotopic (exact) mass is 261 g/mol. The molecule has 0 aromatic carbocycles. The maximum absolute atomic E-state index is 5.87. The molecule has 80 valence electrons. The van der Waals surface area contributed by atoms with Crippen LogP contribution in [0, 0.1) is 5.92 Å². The Morgan fingerprint density at radius 3 is 2.64 bits per heavy atom. The molecule has 1 aromatic heterocycles. The molecule has 0 aliphatic heterocycles. The highest BCUT2D eigenvalue weighted by Crippen LogP contribution is 2.25. The lowest BCUT2D eigenvalue weighted by Gasteiger charge is -2.21. The second-order valence-electron chi connectivity index (χ2n) is 3.59. The molecule has 0 bridgehead atoms. The third-order valence-electron chi connectivity index (χ3n) is 2.21. The second kappa shape index (κ2) is 4.79. The first-order valence-corrected chi connectivity index (χ1v) is 5.34. The molecule has 0 aliphatic rings. The lowest BCUT2D eigenvalue weighted by atomic mass is 10.1. The van der Waals surface area contributed by atoms with Gasteiger partial charge in [0.15, 0.2) is 0 Å². The summed E-state index contributed by atoms with van der Waals surface area (Å²) in [5.41, 5.74) is 5.87. The molecule has 0 aliphatic carbocycles. The third-order valence-corrected chi connectivity index (χ3v) is 2.82. The highest BCUT2D eigenvalue weighted by molar-refractivity contribution is 9.10. The van der Waals surface area contributed by atoms with E-state index in [-0.39, 0.29) is 6.04 Å². The average molecular weight is 262 g/mol. The van der Waals surface area contributed by atoms with Crippen LogP contribution in [0.2, 0.25) is 0 Å². The van der Waals surface area contributed by atoms with Gasteiger partial charge in [-0.15, -0.1) is 0 Å². The molecule has 2 N–H and O–H groups in total. The minimum atomic E-state index is 0.186. The van der Waals surface area contributed by atoms with E-state index in [4.69, 9.17) is 10.5 Å². The summed E-state index contributed by atoms with van der Waals surface area (Å²) in [6.45, 7) is 4.87. The van der Waals surface area contributed by atoms with Gasteiger partial charge in [-0.05, 0) is 21.8 Å². The van der Waals surface area contributed by atoms with Gasteiger partial charge < -0.3 is 10.5 Å². The van der Waals surface area contributed by atoms with Gasteiger partial charge in [-0.25, -0.2) is 4.68 Å². The summed E-state index contributed by atoms with van der Waals surface area (Å²) in [5, 5.41) is 4.22. The number of methoxy groups -OCH3 is 1. The molecule has 0 saturated heterocycles. The van der Waals surface area contributed by atoms with E-state index in [0.29, 0.717) is 18.3 Å². The van der Waals surface area contributed by atoms with E-state index < -0.39 is 0 Å². The van der Waals surface area contributed by atoms with E-state index in [2.05, 4.69) is 34.9 Å². The predicted molar refractivity (Wildman–Crippen MR) is 60.1 cm³/mol. The molecule has 1 atom stereocenters. The maximum Gasteiger partial charge on any atom is 0.136 e. The molecule has 0 fully saturated rings. The summed E-state index contributed by atoms with van der Waals surface area (Å²) in [5.74, 6) is 1.09. The Balaban J connectivity index is 2.93. The Morgan fingerprint density at radius 2 is 2.29 bits per heavy atom. The molecule has 5 heteroatoms. The Morgan fingerprint density at radius 1 is 1.64 bits per heavy atom. The Bertz CT molecular complexity index is 298. The van der Waals surface area contributed by atoms with Gasteiger partial charge in [0, 0.05) is 7.11 Å². The summed E-state index contributed by atoms with van der Waals surface area (Å²) in [7, 11) is 1.68. The highest BCUT2D eigenvalue weighted by atomic mass is 79.9. The summed E-state index contributed by atoms with van der Waals surface area (Å²) in [4.78, 5) is 0. The molecule has 4 nitrogen and oxygen atoms in total. The molecule has 1 aromatic rings. The van der Waals surface area contributed by atoms with Gasteiger partial charge in [0.1, 0.15) is 5.82 Å². The van der Waals surface area contributed by atoms with Crippen molar-refractivity contribution in [3.05, 3.63) is 10.7 Å². The van der Waals surface area contributed by atoms with E-state index in [0.717, 1.165) is 4.47 Å². The van der Waals surface area contributed by atoms with Crippen LogP contribution in [-0.4, -0.2) is 23.5 Å². The van der Waals surface area contributed by atoms with Gasteiger partial charge >= 0.3 is 0 Å². The first kappa shape index (κ1) is 11.5. The van der Waals surface area contributed by atoms with Crippen molar-refractivity contribution in [2.75, 3.05) is 19.5 Å². The van der Waals surface area contributed by atoms with Gasteiger partial charge in [0.05, 0.1) is 23.3 Å². The molecule has 1 heterocycles. The molecule has 14 heavy (non-hydrogen) atoms. The predicted octanol–water partition coefficient (Wildman–Crippen LogP) is 2.07. The zero-order valence-corrected chi connectivity index (χ0v) is 10.3. The van der Waals surface area contributed by atoms with Crippen LogP contribution in [0.5, 0.6) is 0 Å². The minimum absolute atomic E-state index is 0.186. The number of nitrogens with two attached hydrogens (primary N) is 1. The van der Waals surface area contributed by atoms with Crippen molar-refractivity contribution >= 4 is 21.7 Å². The minimum Gasteiger partial charge on any atom is -0.383 e. The number of ether oxygens (including phenoxy) is 1. The largest absolute Gasteiger partial charge is 0.383 e. The number of hydrogen-bond acceptors (Lipinski definition) is 3. The van der Waals surface area contributed by atoms with Crippen LogP contribution in [0.15, 0.2) is 10.7 Å². The van der Waals surface area contributed by atoms with Crippen LogP contribution in [0.1, 0.15) is 19.9 Å². The number of nitrogen functional groups attached to an aromatic ring is 1. The molecule has 0 amide bonds. The van der Waals surface area contributed by atoms with Gasteiger partial charge in [0.2, 0.25) is 0 Å². The Kier molecular flexibility index (Phi) is 3.95. The van der Waals surface area contributed by atoms with Crippen molar-refractivity contribution in [3.63, 3.8) is 0 Å². The van der Waals surface area contributed by atoms with Crippen molar-refractivity contribution < 1.29 is 4.74 Å². The second-order valence-corrected chi connectivity index (χ2v) is 4.44. The number of nitrogens with zero attached hydrogens (tertiary/aromatic N) is 2. The first-order valence-electron chi connectivity index (χ1n) is 4.55. The zero-order valence-electron chi connectivity index (χ0n) is 8.70. The topological polar surface area (TPSA) is 53.1 Å². The first-order chi connectivity index (χ1) is 6.57. The fraction of sp³-hybridized carbons (Fsp3) is 0.667. The van der Waals surface area contributed by atoms with Crippen LogP contribution < -0.4 is 5.73 Å². The molecule has 0 radical (unpaired) electrons. The highest BCUT2D eigenvalue weighted by Gasteiger charge is 2.19. The summed E-state index contributed by atoms with van der Waals surface area (Å²) in [6.07, 6.45) is 1.71. The van der Waals surface area contributed by atoms with Crippen LogP contribution in [0.3, 0.4) is 0 Å². The van der Waals surface area contributed by atoms with Crippen LogP contribution in [0.4, 0.5) is 5.82 Å². The van der Waals surface area contributed by atoms with Crippen molar-refractivity contribution in [2.24, 2.45) is 5.92 Å². The number of anilines is 1. The Labute approximate surface area is 92.5 Å². The van der Waals surface area contributed by atoms with E-state index in [9.17, 15) is 0 Å². The maximum atomic E-state index is 5.87. The van der Waals surface area contributed by atoms with Crippen LogP contribution in [0.25, 0.3) is 0 Å². The molecule has 0 saturated carbocycles. The standard InChI is InChI=1S/C9H16BrN3O/c1-6(2)8(5-14-3)13-9(11)7(10)4-12-13/h4,6,8H,5,11H2,1-3H3. The van der Waals surface area contributed by atoms with Gasteiger partial charge in [-0.3, -0.25) is 0 Å². The smallest absolute Gasteiger partial charge is 0.136 e. The summed E-state index contributed by atoms with van der Waals surface area (Å²) in [6, 6.07) is 0.186. The van der Waals surface area contributed by atoms with Gasteiger partial charge in [-0.2, -0.15) is 5.10 Å². The Hall–Kier alpha value is -0.550. The van der Waals surface area contributed by atoms with E-state index in [1.807, 2.05) is 0 Å². The lowest BCUT2D eigenvalue weighted by Crippen LogP contribution is -2.22. The van der Waals surface area contributed by atoms with Crippen LogP contribution >= 0.6 is 15.9 Å². The number of aromatic nitrogens is 2. The van der Waals surface area contributed by atoms with Crippen molar-refractivity contribution in [2.45, 2.75) is 19.9 Å². The molecule has 1 unspecified atom stereocenters. The lowest BCUT2D eigenvalue weighted by molar-refractivity contribution is 0.128. The molecule has 0 spiro atoms. The van der Waals surface area contributed by atoms with Crippen molar-refractivity contribution in [3.8, 4) is 0 Å². The SMILES string of the molecule is COCC(C(C)C)n1ncc(Br)c1N. The fourth-order valence-electron chi connectivity index (χ4n) is 1.33. The fourth-order valence-corrected chi connectivity index (χ4v) is 1.60. The quantitative estimate of drug-likeness (QED) is 0.903. The van der Waals surface area contributed by atoms with Crippen LogP contribution in [-0.2, 0) is 4.74 Å². The van der Waals surface area contributed by atoms with Gasteiger partial charge in [-0.1, -0.05) is 13.8 Å². The molecular weight excluding hydrogens is 246 g/mol. The molecule has 1 rings (SSSR count). The van der Waals surface area contributed by atoms with E-state index in [1.54, 1.807) is 18.0 Å². The number of rotatable bonds is 4. The average Bonchev–Trinajstić information content (AvgIpc) is 2.44. The third kappa shape index (κ3) is 2.27. The summed E-state index contributed by atoms with van der Waals surface area (Å²) < 4.78 is 7.79. The number of halogens is 1. The van der Waals surface area contributed by atoms with Gasteiger partial charge in [0.25, 0.3) is 0 Å². The van der Waals surface area contributed by atoms with Crippen molar-refractivity contribution in [1.29, 1.82) is 0 Å². The molecular formula is C9H16BrN3O. The van der Waals surface area contributed by atoms with E-state index >= 15 is 0 Å². The van der Waals surface area contributed by atoms with Crippen molar-refractivity contribution in [1.82, 2.24) is 9.78 Å². The summed E-state index contributed by atoms with van der Waals surface area (Å²) >= 11 is 3.34. The number of hydrogen-bond donors (Lipinski definition) is 1. The normalized spacial score (nSPS) is 13.5. The van der Waals surface area contributed by atoms with E-state index in [1.165, 1.54) is 0 Å². The zero-order chi connectivity index (χ0) is 10.7.